The molecular formula is C19H20N2O. The van der Waals surface area contributed by atoms with Crippen molar-refractivity contribution < 1.29 is 4.74 Å². The highest BCUT2D eigenvalue weighted by Gasteiger charge is 2.08. The molecule has 0 saturated heterocycles. The lowest BCUT2D eigenvalue weighted by Gasteiger charge is -2.15. The minimum Gasteiger partial charge on any atom is -0.492 e. The van der Waals surface area contributed by atoms with Crippen LogP contribution >= 0.6 is 0 Å². The molecule has 0 bridgehead atoms. The van der Waals surface area contributed by atoms with E-state index in [0.717, 1.165) is 33.7 Å². The van der Waals surface area contributed by atoms with Crippen molar-refractivity contribution in [3.05, 3.63) is 59.8 Å². The molecule has 0 unspecified atom stereocenters. The molecule has 1 N–H and O–H groups in total. The third-order valence-corrected chi connectivity index (χ3v) is 3.63. The van der Waals surface area contributed by atoms with Gasteiger partial charge >= 0.3 is 0 Å². The molecule has 3 heteroatoms. The summed E-state index contributed by atoms with van der Waals surface area (Å²) in [6.45, 7) is 6.75. The molecule has 0 aliphatic heterocycles. The van der Waals surface area contributed by atoms with Gasteiger partial charge in [0.25, 0.3) is 0 Å². The van der Waals surface area contributed by atoms with Gasteiger partial charge in [-0.3, -0.25) is 4.98 Å². The monoisotopic (exact) mass is 292 g/mol. The van der Waals surface area contributed by atoms with Crippen molar-refractivity contribution in [2.45, 2.75) is 20.8 Å². The molecule has 0 atom stereocenters. The molecule has 0 aliphatic carbocycles. The van der Waals surface area contributed by atoms with E-state index < -0.39 is 0 Å². The Morgan fingerprint density at radius 1 is 1.00 bits per heavy atom. The molecule has 112 valence electrons. The summed E-state index contributed by atoms with van der Waals surface area (Å²) in [5, 5.41) is 4.63. The lowest BCUT2D eigenvalue weighted by Crippen LogP contribution is -1.99. The molecule has 0 saturated carbocycles. The predicted octanol–water partition coefficient (Wildman–Crippen LogP) is 4.99. The smallest absolute Gasteiger partial charge is 0.142 e. The van der Waals surface area contributed by atoms with Crippen LogP contribution in [0.25, 0.3) is 10.9 Å². The molecule has 22 heavy (non-hydrogen) atoms. The minimum atomic E-state index is 0.647. The number of benzene rings is 2. The first-order valence-electron chi connectivity index (χ1n) is 7.55. The van der Waals surface area contributed by atoms with Crippen molar-refractivity contribution in [1.82, 2.24) is 4.98 Å². The summed E-state index contributed by atoms with van der Waals surface area (Å²) in [6, 6.07) is 16.3. The fraction of sp³-hybridized carbons (Fsp3) is 0.211. The molecule has 0 aliphatic rings. The molecule has 1 aromatic heterocycles. The maximum absolute atomic E-state index is 5.70. The third-order valence-electron chi connectivity index (χ3n) is 3.63. The average Bonchev–Trinajstić information content (AvgIpc) is 2.50. The summed E-state index contributed by atoms with van der Waals surface area (Å²) in [6.07, 6.45) is 0. The number of hydrogen-bond acceptors (Lipinski definition) is 3. The van der Waals surface area contributed by atoms with Crippen molar-refractivity contribution in [1.29, 1.82) is 0 Å². The topological polar surface area (TPSA) is 34.1 Å². The van der Waals surface area contributed by atoms with E-state index >= 15 is 0 Å². The van der Waals surface area contributed by atoms with Crippen molar-refractivity contribution in [3.8, 4) is 5.75 Å². The zero-order valence-corrected chi connectivity index (χ0v) is 13.2. The highest BCUT2D eigenvalue weighted by Crippen LogP contribution is 2.32. The summed E-state index contributed by atoms with van der Waals surface area (Å²) in [5.74, 6) is 0.861. The highest BCUT2D eigenvalue weighted by atomic mass is 16.5. The van der Waals surface area contributed by atoms with Crippen molar-refractivity contribution >= 4 is 22.3 Å². The number of nitrogens with one attached hydrogen (secondary N) is 1. The van der Waals surface area contributed by atoms with E-state index in [1.54, 1.807) is 0 Å². The molecule has 3 rings (SSSR count). The van der Waals surface area contributed by atoms with Gasteiger partial charge in [0, 0.05) is 16.8 Å². The van der Waals surface area contributed by atoms with E-state index in [-0.39, 0.29) is 0 Å². The summed E-state index contributed by atoms with van der Waals surface area (Å²) >= 11 is 0. The Morgan fingerprint density at radius 2 is 1.82 bits per heavy atom. The Labute approximate surface area is 131 Å². The number of pyridine rings is 1. The van der Waals surface area contributed by atoms with E-state index in [4.69, 9.17) is 4.74 Å². The van der Waals surface area contributed by atoms with Gasteiger partial charge in [-0.25, -0.2) is 0 Å². The van der Waals surface area contributed by atoms with Gasteiger partial charge in [0.2, 0.25) is 0 Å². The molecule has 0 fully saturated rings. The Balaban J connectivity index is 2.10. The lowest BCUT2D eigenvalue weighted by atomic mass is 10.1. The van der Waals surface area contributed by atoms with Crippen molar-refractivity contribution in [3.63, 3.8) is 0 Å². The Morgan fingerprint density at radius 3 is 2.64 bits per heavy atom. The fourth-order valence-electron chi connectivity index (χ4n) is 2.62. The predicted molar refractivity (Wildman–Crippen MR) is 92.1 cm³/mol. The van der Waals surface area contributed by atoms with E-state index in [0.29, 0.717) is 6.61 Å². The Bertz CT molecular complexity index is 812. The molecule has 2 aromatic carbocycles. The molecule has 0 radical (unpaired) electrons. The minimum absolute atomic E-state index is 0.647. The number of anilines is 2. The summed E-state index contributed by atoms with van der Waals surface area (Å²) in [5.41, 5.74) is 5.25. The largest absolute Gasteiger partial charge is 0.492 e. The number of fused-ring (bicyclic) bond motifs is 1. The standard InChI is InChI=1S/C19H20N2O/c1-4-22-18-11-6-5-10-16(18)21-17-12-14(3)20-19-13(2)8-7-9-15(17)19/h5-12H,4H2,1-3H3,(H,20,21). The number of rotatable bonds is 4. The van der Waals surface area contributed by atoms with Gasteiger partial charge in [-0.1, -0.05) is 30.3 Å². The van der Waals surface area contributed by atoms with E-state index in [2.05, 4.69) is 41.5 Å². The molecule has 0 amide bonds. The first-order chi connectivity index (χ1) is 10.7. The summed E-state index contributed by atoms with van der Waals surface area (Å²) in [7, 11) is 0. The van der Waals surface area contributed by atoms with E-state index in [1.807, 2.05) is 38.1 Å². The van der Waals surface area contributed by atoms with Crippen LogP contribution in [0.1, 0.15) is 18.2 Å². The highest BCUT2D eigenvalue weighted by molar-refractivity contribution is 5.95. The van der Waals surface area contributed by atoms with Gasteiger partial charge in [0.15, 0.2) is 0 Å². The first-order valence-corrected chi connectivity index (χ1v) is 7.55. The second-order valence-electron chi connectivity index (χ2n) is 5.34. The maximum atomic E-state index is 5.70. The normalized spacial score (nSPS) is 10.7. The number of nitrogens with zero attached hydrogens (tertiary/aromatic N) is 1. The van der Waals surface area contributed by atoms with E-state index in [9.17, 15) is 0 Å². The number of aromatic nitrogens is 1. The zero-order valence-electron chi connectivity index (χ0n) is 13.2. The van der Waals surface area contributed by atoms with E-state index in [1.165, 1.54) is 5.56 Å². The van der Waals surface area contributed by atoms with Gasteiger partial charge in [0.1, 0.15) is 5.75 Å². The van der Waals surface area contributed by atoms with Gasteiger partial charge in [-0.2, -0.15) is 0 Å². The van der Waals surface area contributed by atoms with Gasteiger partial charge in [0.05, 0.1) is 17.8 Å². The van der Waals surface area contributed by atoms with Crippen LogP contribution < -0.4 is 10.1 Å². The lowest BCUT2D eigenvalue weighted by molar-refractivity contribution is 0.342. The quantitative estimate of drug-likeness (QED) is 0.735. The van der Waals surface area contributed by atoms with Crippen LogP contribution in [0.15, 0.2) is 48.5 Å². The van der Waals surface area contributed by atoms with Crippen LogP contribution in [0, 0.1) is 13.8 Å². The molecular weight excluding hydrogens is 272 g/mol. The second kappa shape index (κ2) is 6.06. The summed E-state index contributed by atoms with van der Waals surface area (Å²) < 4.78 is 5.70. The zero-order chi connectivity index (χ0) is 15.5. The third kappa shape index (κ3) is 2.75. The van der Waals surface area contributed by atoms with Gasteiger partial charge in [-0.05, 0) is 44.5 Å². The molecule has 1 heterocycles. The van der Waals surface area contributed by atoms with Crippen LogP contribution in [0.4, 0.5) is 11.4 Å². The number of hydrogen-bond donors (Lipinski definition) is 1. The van der Waals surface area contributed by atoms with Gasteiger partial charge in [-0.15, -0.1) is 0 Å². The Kier molecular flexibility index (Phi) is 3.96. The average molecular weight is 292 g/mol. The number of aryl methyl sites for hydroxylation is 2. The van der Waals surface area contributed by atoms with Gasteiger partial charge < -0.3 is 10.1 Å². The van der Waals surface area contributed by atoms with Crippen LogP contribution in [-0.2, 0) is 0 Å². The summed E-state index contributed by atoms with van der Waals surface area (Å²) in [4.78, 5) is 4.66. The Hall–Kier alpha value is -2.55. The van der Waals surface area contributed by atoms with Crippen LogP contribution in [0.2, 0.25) is 0 Å². The van der Waals surface area contributed by atoms with Crippen molar-refractivity contribution in [2.75, 3.05) is 11.9 Å². The van der Waals surface area contributed by atoms with Crippen LogP contribution in [0.5, 0.6) is 5.75 Å². The maximum Gasteiger partial charge on any atom is 0.142 e. The molecule has 3 nitrogen and oxygen atoms in total. The SMILES string of the molecule is CCOc1ccccc1Nc1cc(C)nc2c(C)cccc12. The fourth-order valence-corrected chi connectivity index (χ4v) is 2.62. The van der Waals surface area contributed by atoms with Crippen LogP contribution in [0.3, 0.4) is 0 Å². The van der Waals surface area contributed by atoms with Crippen molar-refractivity contribution in [2.24, 2.45) is 0 Å². The van der Waals surface area contributed by atoms with Crippen LogP contribution in [-0.4, -0.2) is 11.6 Å². The number of para-hydroxylation sites is 3. The second-order valence-corrected chi connectivity index (χ2v) is 5.34. The molecule has 0 spiro atoms. The molecule has 3 aromatic rings. The number of ether oxygens (including phenoxy) is 1. The first kappa shape index (κ1) is 14.4.